The zero-order chi connectivity index (χ0) is 21.6. The van der Waals surface area contributed by atoms with Crippen molar-refractivity contribution in [2.45, 2.75) is 6.61 Å². The molecule has 1 amide bonds. The van der Waals surface area contributed by atoms with Gasteiger partial charge in [-0.05, 0) is 24.3 Å². The second-order valence-corrected chi connectivity index (χ2v) is 6.95. The minimum Gasteiger partial charge on any atom is -0.467 e. The highest BCUT2D eigenvalue weighted by Gasteiger charge is 2.23. The topological polar surface area (TPSA) is 94.1 Å². The maximum absolute atomic E-state index is 13.8. The van der Waals surface area contributed by atoms with Crippen molar-refractivity contribution >= 4 is 23.9 Å². The van der Waals surface area contributed by atoms with Crippen molar-refractivity contribution < 1.29 is 28.2 Å². The van der Waals surface area contributed by atoms with Crippen molar-refractivity contribution in [3.05, 3.63) is 53.6 Å². The quantitative estimate of drug-likeness (QED) is 0.521. The number of esters is 1. The Labute approximate surface area is 178 Å². The molecule has 2 aliphatic heterocycles. The molecule has 31 heavy (non-hydrogen) atoms. The van der Waals surface area contributed by atoms with Crippen LogP contribution in [0.5, 0.6) is 5.75 Å². The van der Waals surface area contributed by atoms with Crippen LogP contribution in [-0.4, -0.2) is 66.3 Å². The molecule has 3 heterocycles. The molecule has 0 bridgehead atoms. The van der Waals surface area contributed by atoms with E-state index in [4.69, 9.17) is 14.2 Å². The summed E-state index contributed by atoms with van der Waals surface area (Å²) in [6.45, 7) is 2.09. The number of nitrogens with zero attached hydrogens (tertiary/aromatic N) is 4. The van der Waals surface area contributed by atoms with E-state index < -0.39 is 11.8 Å². The SMILES string of the molecule is O=C(C=Cc1cc(F)cc2c1OCOC2)OCC(=O)N1CCN(c2ncccn2)CC1. The molecule has 0 spiro atoms. The van der Waals surface area contributed by atoms with Gasteiger partial charge in [0.15, 0.2) is 13.4 Å². The van der Waals surface area contributed by atoms with Gasteiger partial charge in [0.05, 0.1) is 6.61 Å². The average Bonchev–Trinajstić information content (AvgIpc) is 2.81. The summed E-state index contributed by atoms with van der Waals surface area (Å²) in [5, 5.41) is 0. The number of benzene rings is 1. The largest absolute Gasteiger partial charge is 0.467 e. The van der Waals surface area contributed by atoms with E-state index in [1.54, 1.807) is 23.4 Å². The van der Waals surface area contributed by atoms with Crippen LogP contribution in [0.3, 0.4) is 0 Å². The van der Waals surface area contributed by atoms with E-state index in [0.29, 0.717) is 49.0 Å². The molecule has 4 rings (SSSR count). The molecule has 9 nitrogen and oxygen atoms in total. The lowest BCUT2D eigenvalue weighted by Gasteiger charge is -2.34. The molecular formula is C21H21FN4O5. The zero-order valence-corrected chi connectivity index (χ0v) is 16.7. The van der Waals surface area contributed by atoms with E-state index in [9.17, 15) is 14.0 Å². The number of anilines is 1. The number of piperazine rings is 1. The highest BCUT2D eigenvalue weighted by atomic mass is 19.1. The molecule has 0 N–H and O–H groups in total. The van der Waals surface area contributed by atoms with Crippen LogP contribution in [0.2, 0.25) is 0 Å². The number of rotatable bonds is 5. The summed E-state index contributed by atoms with van der Waals surface area (Å²) < 4.78 is 29.3. The third kappa shape index (κ3) is 5.15. The first-order valence-electron chi connectivity index (χ1n) is 9.78. The minimum absolute atomic E-state index is 0.0576. The van der Waals surface area contributed by atoms with Gasteiger partial charge in [0, 0.05) is 55.8 Å². The Morgan fingerprint density at radius 3 is 2.71 bits per heavy atom. The van der Waals surface area contributed by atoms with Gasteiger partial charge in [-0.3, -0.25) is 4.79 Å². The summed E-state index contributed by atoms with van der Waals surface area (Å²) in [4.78, 5) is 36.4. The Morgan fingerprint density at radius 1 is 1.16 bits per heavy atom. The van der Waals surface area contributed by atoms with Crippen LogP contribution >= 0.6 is 0 Å². The molecule has 1 saturated heterocycles. The Hall–Kier alpha value is -3.53. The molecule has 0 aliphatic carbocycles. The first-order chi connectivity index (χ1) is 15.1. The molecule has 0 atom stereocenters. The first kappa shape index (κ1) is 20.7. The van der Waals surface area contributed by atoms with Crippen LogP contribution in [0.4, 0.5) is 10.3 Å². The van der Waals surface area contributed by atoms with Gasteiger partial charge in [-0.1, -0.05) is 0 Å². The number of ether oxygens (including phenoxy) is 3. The number of aromatic nitrogens is 2. The fourth-order valence-corrected chi connectivity index (χ4v) is 3.37. The number of amides is 1. The number of hydrogen-bond acceptors (Lipinski definition) is 8. The summed E-state index contributed by atoms with van der Waals surface area (Å²) in [5.41, 5.74) is 0.968. The van der Waals surface area contributed by atoms with Crippen LogP contribution < -0.4 is 9.64 Å². The molecule has 1 fully saturated rings. The molecule has 162 valence electrons. The van der Waals surface area contributed by atoms with Crippen molar-refractivity contribution in [2.75, 3.05) is 44.5 Å². The summed E-state index contributed by atoms with van der Waals surface area (Å²) in [6, 6.07) is 4.33. The second kappa shape index (κ2) is 9.52. The standard InChI is InChI=1S/C21H21FN4O5/c22-17-10-15(20-16(11-17)12-29-14-31-20)2-3-19(28)30-13-18(27)25-6-8-26(9-7-25)21-23-4-1-5-24-21/h1-5,10-11H,6-9,12-14H2. The Bertz CT molecular complexity index is 977. The Balaban J connectivity index is 1.27. The van der Waals surface area contributed by atoms with Crippen molar-refractivity contribution in [2.24, 2.45) is 0 Å². The van der Waals surface area contributed by atoms with Crippen LogP contribution in [0.1, 0.15) is 11.1 Å². The van der Waals surface area contributed by atoms with Gasteiger partial charge in [-0.2, -0.15) is 0 Å². The van der Waals surface area contributed by atoms with E-state index in [2.05, 4.69) is 9.97 Å². The van der Waals surface area contributed by atoms with Gasteiger partial charge in [0.25, 0.3) is 5.91 Å². The van der Waals surface area contributed by atoms with Crippen LogP contribution in [0.25, 0.3) is 6.08 Å². The van der Waals surface area contributed by atoms with E-state index in [1.807, 2.05) is 4.90 Å². The van der Waals surface area contributed by atoms with Crippen LogP contribution in [0.15, 0.2) is 36.7 Å². The third-order valence-electron chi connectivity index (χ3n) is 4.91. The van der Waals surface area contributed by atoms with Gasteiger partial charge < -0.3 is 24.0 Å². The van der Waals surface area contributed by atoms with E-state index in [0.717, 1.165) is 6.08 Å². The number of halogens is 1. The maximum atomic E-state index is 13.8. The molecule has 2 aliphatic rings. The number of carbonyl (C=O) groups is 2. The fraction of sp³-hybridized carbons (Fsp3) is 0.333. The highest BCUT2D eigenvalue weighted by molar-refractivity contribution is 5.89. The third-order valence-corrected chi connectivity index (χ3v) is 4.91. The Kier molecular flexibility index (Phi) is 6.37. The summed E-state index contributed by atoms with van der Waals surface area (Å²) in [5.74, 6) is -0.348. The average molecular weight is 428 g/mol. The predicted octanol–water partition coefficient (Wildman–Crippen LogP) is 1.39. The fourth-order valence-electron chi connectivity index (χ4n) is 3.37. The smallest absolute Gasteiger partial charge is 0.331 e. The van der Waals surface area contributed by atoms with Crippen molar-refractivity contribution in [3.8, 4) is 5.75 Å². The predicted molar refractivity (Wildman–Crippen MR) is 108 cm³/mol. The number of fused-ring (bicyclic) bond motifs is 1. The molecule has 2 aromatic rings. The molecule has 1 aromatic carbocycles. The van der Waals surface area contributed by atoms with E-state index >= 15 is 0 Å². The summed E-state index contributed by atoms with van der Waals surface area (Å²) in [7, 11) is 0. The van der Waals surface area contributed by atoms with Crippen molar-refractivity contribution in [1.29, 1.82) is 0 Å². The molecule has 0 unspecified atom stereocenters. The highest BCUT2D eigenvalue weighted by Crippen LogP contribution is 2.30. The van der Waals surface area contributed by atoms with Crippen LogP contribution in [0, 0.1) is 5.82 Å². The monoisotopic (exact) mass is 428 g/mol. The van der Waals surface area contributed by atoms with Crippen molar-refractivity contribution in [3.63, 3.8) is 0 Å². The lowest BCUT2D eigenvalue weighted by molar-refractivity contribution is -0.148. The minimum atomic E-state index is -0.699. The van der Waals surface area contributed by atoms with Crippen molar-refractivity contribution in [1.82, 2.24) is 14.9 Å². The second-order valence-electron chi connectivity index (χ2n) is 6.95. The molecule has 10 heteroatoms. The van der Waals surface area contributed by atoms with E-state index in [1.165, 1.54) is 18.2 Å². The summed E-state index contributed by atoms with van der Waals surface area (Å²) in [6.07, 6.45) is 5.89. The lowest BCUT2D eigenvalue weighted by atomic mass is 10.1. The first-order valence-corrected chi connectivity index (χ1v) is 9.78. The Morgan fingerprint density at radius 2 is 1.94 bits per heavy atom. The van der Waals surface area contributed by atoms with Gasteiger partial charge in [-0.25, -0.2) is 19.2 Å². The molecule has 1 aromatic heterocycles. The molecule has 0 saturated carbocycles. The maximum Gasteiger partial charge on any atom is 0.331 e. The molecule has 0 radical (unpaired) electrons. The van der Waals surface area contributed by atoms with Gasteiger partial charge in [0.1, 0.15) is 11.6 Å². The summed E-state index contributed by atoms with van der Waals surface area (Å²) >= 11 is 0. The number of hydrogen-bond donors (Lipinski definition) is 0. The normalized spacial score (nSPS) is 16.0. The zero-order valence-electron chi connectivity index (χ0n) is 16.7. The van der Waals surface area contributed by atoms with Crippen LogP contribution in [-0.2, 0) is 25.7 Å². The van der Waals surface area contributed by atoms with Gasteiger partial charge >= 0.3 is 5.97 Å². The molecular weight excluding hydrogens is 407 g/mol. The van der Waals surface area contributed by atoms with E-state index in [-0.39, 0.29) is 25.9 Å². The number of carbonyl (C=O) groups excluding carboxylic acids is 2. The lowest BCUT2D eigenvalue weighted by Crippen LogP contribution is -2.50. The van der Waals surface area contributed by atoms with Gasteiger partial charge in [0.2, 0.25) is 5.95 Å². The van der Waals surface area contributed by atoms with Gasteiger partial charge in [-0.15, -0.1) is 0 Å².